The molecule has 0 saturated heterocycles. The van der Waals surface area contributed by atoms with E-state index in [1.54, 1.807) is 6.20 Å². The van der Waals surface area contributed by atoms with E-state index < -0.39 is 0 Å². The molecule has 3 nitrogen and oxygen atoms in total. The van der Waals surface area contributed by atoms with Crippen molar-refractivity contribution in [2.24, 2.45) is 0 Å². The molecule has 3 rings (SSSR count). The van der Waals surface area contributed by atoms with Crippen LogP contribution in [0.4, 0.5) is 0 Å². The van der Waals surface area contributed by atoms with Gasteiger partial charge in [0.05, 0.1) is 0 Å². The van der Waals surface area contributed by atoms with E-state index in [4.69, 9.17) is 9.47 Å². The molecule has 0 unspecified atom stereocenters. The summed E-state index contributed by atoms with van der Waals surface area (Å²) < 4.78 is 11.7. The van der Waals surface area contributed by atoms with Crippen LogP contribution in [0.15, 0.2) is 96.7 Å². The average Bonchev–Trinajstić information content (AvgIpc) is 2.75. The standard InChI is InChI=1S/C18H15NO2/c1-3-9-15(10-4-1)20-17-13-7-8-14-19-18(17)21-16-11-5-2-6-12-16/h1-14,19H. The molecule has 21 heavy (non-hydrogen) atoms. The second kappa shape index (κ2) is 6.48. The summed E-state index contributed by atoms with van der Waals surface area (Å²) >= 11 is 0. The van der Waals surface area contributed by atoms with Gasteiger partial charge in [-0.2, -0.15) is 0 Å². The molecule has 0 fully saturated rings. The molecule has 1 aliphatic rings. The van der Waals surface area contributed by atoms with Crippen molar-refractivity contribution in [3.63, 3.8) is 0 Å². The summed E-state index contributed by atoms with van der Waals surface area (Å²) in [5, 5.41) is 3.09. The van der Waals surface area contributed by atoms with Crippen LogP contribution in [0.1, 0.15) is 0 Å². The van der Waals surface area contributed by atoms with Crippen molar-refractivity contribution >= 4 is 0 Å². The van der Waals surface area contributed by atoms with E-state index in [1.807, 2.05) is 78.9 Å². The Morgan fingerprint density at radius 2 is 1.29 bits per heavy atom. The number of para-hydroxylation sites is 2. The predicted molar refractivity (Wildman–Crippen MR) is 82.6 cm³/mol. The highest BCUT2D eigenvalue weighted by atomic mass is 16.5. The minimum Gasteiger partial charge on any atom is -0.452 e. The minimum absolute atomic E-state index is 0.551. The Balaban J connectivity index is 1.87. The van der Waals surface area contributed by atoms with Crippen molar-refractivity contribution in [2.45, 2.75) is 0 Å². The number of nitrogens with one attached hydrogen (secondary N) is 1. The Morgan fingerprint density at radius 3 is 1.95 bits per heavy atom. The molecule has 0 aromatic heterocycles. The Labute approximate surface area is 123 Å². The van der Waals surface area contributed by atoms with Gasteiger partial charge < -0.3 is 14.8 Å². The molecule has 2 aromatic carbocycles. The van der Waals surface area contributed by atoms with E-state index >= 15 is 0 Å². The number of allylic oxidation sites excluding steroid dienone is 3. The quantitative estimate of drug-likeness (QED) is 0.916. The molecule has 0 radical (unpaired) electrons. The maximum absolute atomic E-state index is 5.89. The third-order valence-corrected chi connectivity index (χ3v) is 2.83. The third-order valence-electron chi connectivity index (χ3n) is 2.83. The topological polar surface area (TPSA) is 30.5 Å². The van der Waals surface area contributed by atoms with Gasteiger partial charge in [-0.05, 0) is 36.4 Å². The van der Waals surface area contributed by atoms with Gasteiger partial charge in [0.1, 0.15) is 11.5 Å². The highest BCUT2D eigenvalue weighted by molar-refractivity contribution is 5.32. The van der Waals surface area contributed by atoms with E-state index in [9.17, 15) is 0 Å². The predicted octanol–water partition coefficient (Wildman–Crippen LogP) is 3.99. The van der Waals surface area contributed by atoms with Crippen molar-refractivity contribution in [2.75, 3.05) is 0 Å². The summed E-state index contributed by atoms with van der Waals surface area (Å²) in [6.45, 7) is 0. The van der Waals surface area contributed by atoms with Crippen LogP contribution < -0.4 is 14.8 Å². The second-order valence-electron chi connectivity index (χ2n) is 4.39. The molecule has 0 atom stereocenters. The first-order valence-electron chi connectivity index (χ1n) is 6.72. The molecule has 0 spiro atoms. The Hall–Kier alpha value is -2.94. The zero-order valence-electron chi connectivity index (χ0n) is 11.4. The Kier molecular flexibility index (Phi) is 4.03. The van der Waals surface area contributed by atoms with Gasteiger partial charge in [-0.3, -0.25) is 0 Å². The van der Waals surface area contributed by atoms with Crippen molar-refractivity contribution < 1.29 is 9.47 Å². The molecule has 0 saturated carbocycles. The second-order valence-corrected chi connectivity index (χ2v) is 4.39. The first-order chi connectivity index (χ1) is 10.4. The number of rotatable bonds is 4. The lowest BCUT2D eigenvalue weighted by molar-refractivity contribution is 0.340. The first kappa shape index (κ1) is 13.1. The Morgan fingerprint density at radius 1 is 0.667 bits per heavy atom. The number of hydrogen-bond donors (Lipinski definition) is 1. The number of hydrogen-bond acceptors (Lipinski definition) is 3. The fourth-order valence-corrected chi connectivity index (χ4v) is 1.85. The lowest BCUT2D eigenvalue weighted by Crippen LogP contribution is -2.15. The van der Waals surface area contributed by atoms with E-state index in [0.29, 0.717) is 11.6 Å². The van der Waals surface area contributed by atoms with E-state index in [1.165, 1.54) is 0 Å². The lowest BCUT2D eigenvalue weighted by atomic mass is 10.3. The van der Waals surface area contributed by atoms with Crippen molar-refractivity contribution in [3.8, 4) is 11.5 Å². The van der Waals surface area contributed by atoms with Gasteiger partial charge in [0, 0.05) is 6.20 Å². The molecular formula is C18H15NO2. The zero-order chi connectivity index (χ0) is 14.3. The SMILES string of the molecule is C1=CNC(Oc2ccccc2)=C(Oc2ccccc2)C=C1. The van der Waals surface area contributed by atoms with Gasteiger partial charge in [-0.15, -0.1) is 0 Å². The largest absolute Gasteiger partial charge is 0.452 e. The molecule has 1 N–H and O–H groups in total. The molecular weight excluding hydrogens is 262 g/mol. The maximum atomic E-state index is 5.89. The third kappa shape index (κ3) is 3.54. The average molecular weight is 277 g/mol. The normalized spacial score (nSPS) is 13.5. The minimum atomic E-state index is 0.551. The van der Waals surface area contributed by atoms with Gasteiger partial charge in [-0.25, -0.2) is 0 Å². The van der Waals surface area contributed by atoms with Crippen molar-refractivity contribution in [1.29, 1.82) is 0 Å². The van der Waals surface area contributed by atoms with Gasteiger partial charge in [0.2, 0.25) is 5.88 Å². The van der Waals surface area contributed by atoms with Crippen LogP contribution in [0.3, 0.4) is 0 Å². The summed E-state index contributed by atoms with van der Waals surface area (Å²) in [5.41, 5.74) is 0. The molecule has 104 valence electrons. The van der Waals surface area contributed by atoms with Crippen LogP contribution in [0.5, 0.6) is 11.5 Å². The summed E-state index contributed by atoms with van der Waals surface area (Å²) in [6, 6.07) is 19.2. The maximum Gasteiger partial charge on any atom is 0.240 e. The van der Waals surface area contributed by atoms with Gasteiger partial charge >= 0.3 is 0 Å². The summed E-state index contributed by atoms with van der Waals surface area (Å²) in [7, 11) is 0. The highest BCUT2D eigenvalue weighted by Crippen LogP contribution is 2.19. The van der Waals surface area contributed by atoms with Crippen LogP contribution in [0.25, 0.3) is 0 Å². The number of ether oxygens (including phenoxy) is 2. The van der Waals surface area contributed by atoms with Gasteiger partial charge in [-0.1, -0.05) is 42.5 Å². The molecule has 0 amide bonds. The zero-order valence-corrected chi connectivity index (χ0v) is 11.4. The monoisotopic (exact) mass is 277 g/mol. The van der Waals surface area contributed by atoms with Gasteiger partial charge in [0.15, 0.2) is 5.76 Å². The van der Waals surface area contributed by atoms with Crippen LogP contribution in [-0.4, -0.2) is 0 Å². The molecule has 1 heterocycles. The van der Waals surface area contributed by atoms with Crippen LogP contribution in [0, 0.1) is 0 Å². The number of benzene rings is 2. The highest BCUT2D eigenvalue weighted by Gasteiger charge is 2.10. The van der Waals surface area contributed by atoms with Gasteiger partial charge in [0.25, 0.3) is 0 Å². The van der Waals surface area contributed by atoms with Crippen molar-refractivity contribution in [3.05, 3.63) is 96.7 Å². The molecule has 1 aliphatic heterocycles. The summed E-state index contributed by atoms with van der Waals surface area (Å²) in [4.78, 5) is 0. The molecule has 2 aromatic rings. The lowest BCUT2D eigenvalue weighted by Gasteiger charge is -2.13. The molecule has 3 heteroatoms. The fourth-order valence-electron chi connectivity index (χ4n) is 1.85. The van der Waals surface area contributed by atoms with E-state index in [-0.39, 0.29) is 0 Å². The molecule has 0 bridgehead atoms. The van der Waals surface area contributed by atoms with E-state index in [2.05, 4.69) is 5.32 Å². The first-order valence-corrected chi connectivity index (χ1v) is 6.72. The summed E-state index contributed by atoms with van der Waals surface area (Å²) in [6.07, 6.45) is 7.44. The summed E-state index contributed by atoms with van der Waals surface area (Å²) in [5.74, 6) is 2.68. The van der Waals surface area contributed by atoms with Crippen LogP contribution >= 0.6 is 0 Å². The van der Waals surface area contributed by atoms with Crippen LogP contribution in [0.2, 0.25) is 0 Å². The Bertz CT molecular complexity index is 673. The fraction of sp³-hybridized carbons (Fsp3) is 0. The van der Waals surface area contributed by atoms with Crippen LogP contribution in [-0.2, 0) is 0 Å². The molecule has 0 aliphatic carbocycles. The van der Waals surface area contributed by atoms with E-state index in [0.717, 1.165) is 11.5 Å². The smallest absolute Gasteiger partial charge is 0.240 e. The van der Waals surface area contributed by atoms with Crippen molar-refractivity contribution in [1.82, 2.24) is 5.32 Å².